The molecular weight excluding hydrogens is 250 g/mol. The van der Waals surface area contributed by atoms with Gasteiger partial charge in [0.1, 0.15) is 18.0 Å². The molecule has 0 aliphatic carbocycles. The molecular formula is C13H22F2N4. The lowest BCUT2D eigenvalue weighted by Crippen LogP contribution is -2.26. The summed E-state index contributed by atoms with van der Waals surface area (Å²) in [4.78, 5) is 9.88. The topological polar surface area (TPSA) is 41.1 Å². The number of nitrogens with one attached hydrogen (secondary N) is 1. The number of hydrogen-bond donors (Lipinski definition) is 1. The molecule has 19 heavy (non-hydrogen) atoms. The Morgan fingerprint density at radius 1 is 1.26 bits per heavy atom. The highest BCUT2D eigenvalue weighted by Crippen LogP contribution is 2.24. The van der Waals surface area contributed by atoms with Crippen molar-refractivity contribution in [2.24, 2.45) is 0 Å². The number of nitrogens with zero attached hydrogens (tertiary/aromatic N) is 3. The van der Waals surface area contributed by atoms with Crippen LogP contribution in [0.2, 0.25) is 0 Å². The van der Waals surface area contributed by atoms with Crippen LogP contribution in [0.4, 0.5) is 20.4 Å². The van der Waals surface area contributed by atoms with Gasteiger partial charge in [0.05, 0.1) is 6.54 Å². The molecule has 0 spiro atoms. The third kappa shape index (κ3) is 4.61. The second-order valence-corrected chi connectivity index (χ2v) is 4.47. The molecule has 0 aliphatic rings. The van der Waals surface area contributed by atoms with Crippen LogP contribution in [0.3, 0.4) is 0 Å². The zero-order chi connectivity index (χ0) is 14.3. The summed E-state index contributed by atoms with van der Waals surface area (Å²) < 4.78 is 25.0. The van der Waals surface area contributed by atoms with Crippen molar-refractivity contribution in [2.75, 3.05) is 30.4 Å². The van der Waals surface area contributed by atoms with E-state index in [1.54, 1.807) is 7.05 Å². The minimum Gasteiger partial charge on any atom is -0.370 e. The lowest BCUT2D eigenvalue weighted by Gasteiger charge is -2.22. The van der Waals surface area contributed by atoms with Crippen LogP contribution >= 0.6 is 0 Å². The molecule has 0 fully saturated rings. The lowest BCUT2D eigenvalue weighted by atomic mass is 10.1. The lowest BCUT2D eigenvalue weighted by molar-refractivity contribution is 0.156. The predicted octanol–water partition coefficient (Wildman–Crippen LogP) is 2.95. The quantitative estimate of drug-likeness (QED) is 0.790. The maximum Gasteiger partial charge on any atom is 0.255 e. The van der Waals surface area contributed by atoms with E-state index < -0.39 is 6.43 Å². The molecule has 6 heteroatoms. The number of hydrogen-bond acceptors (Lipinski definition) is 4. The van der Waals surface area contributed by atoms with Crippen molar-refractivity contribution < 1.29 is 8.78 Å². The van der Waals surface area contributed by atoms with E-state index in [0.717, 1.165) is 37.2 Å². The summed E-state index contributed by atoms with van der Waals surface area (Å²) in [5.74, 6) is 1.35. The van der Waals surface area contributed by atoms with Crippen LogP contribution in [0.15, 0.2) is 6.33 Å². The molecule has 108 valence electrons. The second kappa shape index (κ2) is 7.86. The van der Waals surface area contributed by atoms with E-state index in [1.165, 1.54) is 11.2 Å². The van der Waals surface area contributed by atoms with Crippen LogP contribution < -0.4 is 10.2 Å². The van der Waals surface area contributed by atoms with Gasteiger partial charge in [-0.2, -0.15) is 0 Å². The number of alkyl halides is 2. The highest BCUT2D eigenvalue weighted by Gasteiger charge is 2.16. The zero-order valence-electron chi connectivity index (χ0n) is 11.8. The number of aromatic nitrogens is 2. The first-order valence-electron chi connectivity index (χ1n) is 6.67. The van der Waals surface area contributed by atoms with Crippen molar-refractivity contribution in [3.05, 3.63) is 11.9 Å². The standard InChI is InChI=1S/C13H22F2N4/c1-4-6-10-12(16-7-5-2)17-9-18-13(10)19(3)8-11(14)15/h9,11H,4-8H2,1-3H3,(H,16,17,18). The molecule has 1 heterocycles. The van der Waals surface area contributed by atoms with Gasteiger partial charge in [-0.1, -0.05) is 20.3 Å². The summed E-state index contributed by atoms with van der Waals surface area (Å²) in [5.41, 5.74) is 0.918. The largest absolute Gasteiger partial charge is 0.370 e. The monoisotopic (exact) mass is 272 g/mol. The number of halogens is 2. The van der Waals surface area contributed by atoms with Gasteiger partial charge in [-0.3, -0.25) is 0 Å². The second-order valence-electron chi connectivity index (χ2n) is 4.47. The maximum atomic E-state index is 12.5. The Balaban J connectivity index is 3.00. The number of anilines is 2. The summed E-state index contributed by atoms with van der Waals surface area (Å²) >= 11 is 0. The third-order valence-corrected chi connectivity index (χ3v) is 2.74. The Labute approximate surface area is 113 Å². The summed E-state index contributed by atoms with van der Waals surface area (Å²) in [6.45, 7) is 4.61. The van der Waals surface area contributed by atoms with Gasteiger partial charge in [0, 0.05) is 19.2 Å². The van der Waals surface area contributed by atoms with Gasteiger partial charge in [-0.05, 0) is 12.8 Å². The van der Waals surface area contributed by atoms with E-state index in [1.807, 2.05) is 6.92 Å². The number of rotatable bonds is 8. The van der Waals surface area contributed by atoms with Crippen LogP contribution in [0.25, 0.3) is 0 Å². The Morgan fingerprint density at radius 3 is 2.58 bits per heavy atom. The molecule has 0 bridgehead atoms. The molecule has 1 aromatic rings. The third-order valence-electron chi connectivity index (χ3n) is 2.74. The van der Waals surface area contributed by atoms with Crippen LogP contribution in [0, 0.1) is 0 Å². The molecule has 4 nitrogen and oxygen atoms in total. The first-order chi connectivity index (χ1) is 9.10. The maximum absolute atomic E-state index is 12.5. The average Bonchev–Trinajstić information content (AvgIpc) is 2.36. The van der Waals surface area contributed by atoms with Gasteiger partial charge in [-0.25, -0.2) is 18.7 Å². The van der Waals surface area contributed by atoms with E-state index in [4.69, 9.17) is 0 Å². The molecule has 0 amide bonds. The van der Waals surface area contributed by atoms with E-state index in [2.05, 4.69) is 22.2 Å². The van der Waals surface area contributed by atoms with Gasteiger partial charge in [0.2, 0.25) is 0 Å². The molecule has 0 atom stereocenters. The van der Waals surface area contributed by atoms with Crippen LogP contribution in [-0.2, 0) is 6.42 Å². The van der Waals surface area contributed by atoms with Crippen molar-refractivity contribution in [1.29, 1.82) is 0 Å². The Bertz CT molecular complexity index is 385. The van der Waals surface area contributed by atoms with E-state index in [9.17, 15) is 8.78 Å². The Hall–Kier alpha value is -1.46. The molecule has 1 N–H and O–H groups in total. The fraction of sp³-hybridized carbons (Fsp3) is 0.692. The Morgan fingerprint density at radius 2 is 2.00 bits per heavy atom. The molecule has 1 rings (SSSR count). The van der Waals surface area contributed by atoms with Crippen LogP contribution in [-0.4, -0.2) is 36.5 Å². The van der Waals surface area contributed by atoms with Crippen molar-refractivity contribution in [2.45, 2.75) is 39.5 Å². The molecule has 0 aromatic carbocycles. The van der Waals surface area contributed by atoms with E-state index in [-0.39, 0.29) is 6.54 Å². The smallest absolute Gasteiger partial charge is 0.255 e. The summed E-state index contributed by atoms with van der Waals surface area (Å²) in [6.07, 6.45) is 1.73. The zero-order valence-corrected chi connectivity index (χ0v) is 11.8. The summed E-state index contributed by atoms with van der Waals surface area (Å²) in [6, 6.07) is 0. The van der Waals surface area contributed by atoms with Gasteiger partial charge >= 0.3 is 0 Å². The van der Waals surface area contributed by atoms with Crippen molar-refractivity contribution in [1.82, 2.24) is 9.97 Å². The predicted molar refractivity (Wildman–Crippen MR) is 74.1 cm³/mol. The molecule has 0 saturated carbocycles. The first-order valence-corrected chi connectivity index (χ1v) is 6.67. The normalized spacial score (nSPS) is 10.8. The van der Waals surface area contributed by atoms with Gasteiger partial charge in [0.15, 0.2) is 0 Å². The molecule has 0 radical (unpaired) electrons. The van der Waals surface area contributed by atoms with Crippen molar-refractivity contribution in [3.63, 3.8) is 0 Å². The molecule has 0 unspecified atom stereocenters. The fourth-order valence-corrected chi connectivity index (χ4v) is 1.90. The summed E-state index contributed by atoms with van der Waals surface area (Å²) in [7, 11) is 1.64. The highest BCUT2D eigenvalue weighted by atomic mass is 19.3. The van der Waals surface area contributed by atoms with Gasteiger partial charge in [0.25, 0.3) is 6.43 Å². The summed E-state index contributed by atoms with van der Waals surface area (Å²) in [5, 5.41) is 3.23. The van der Waals surface area contributed by atoms with E-state index in [0.29, 0.717) is 5.82 Å². The van der Waals surface area contributed by atoms with E-state index >= 15 is 0 Å². The average molecular weight is 272 g/mol. The molecule has 0 saturated heterocycles. The molecule has 1 aromatic heterocycles. The molecule has 0 aliphatic heterocycles. The Kier molecular flexibility index (Phi) is 6.45. The SMILES string of the molecule is CCCNc1ncnc(N(C)CC(F)F)c1CCC. The fourth-order valence-electron chi connectivity index (χ4n) is 1.90. The first kappa shape index (κ1) is 15.6. The van der Waals surface area contributed by atoms with Crippen molar-refractivity contribution >= 4 is 11.6 Å². The highest BCUT2D eigenvalue weighted by molar-refractivity contribution is 5.58. The minimum absolute atomic E-state index is 0.319. The van der Waals surface area contributed by atoms with Crippen molar-refractivity contribution in [3.8, 4) is 0 Å². The van der Waals surface area contributed by atoms with Gasteiger partial charge in [-0.15, -0.1) is 0 Å². The minimum atomic E-state index is -2.37. The van der Waals surface area contributed by atoms with Crippen LogP contribution in [0.1, 0.15) is 32.3 Å². The van der Waals surface area contributed by atoms with Gasteiger partial charge < -0.3 is 10.2 Å². The van der Waals surface area contributed by atoms with Crippen LogP contribution in [0.5, 0.6) is 0 Å².